The van der Waals surface area contributed by atoms with E-state index in [4.69, 9.17) is 19.3 Å². The van der Waals surface area contributed by atoms with Crippen LogP contribution in [-0.4, -0.2) is 47.2 Å². The summed E-state index contributed by atoms with van der Waals surface area (Å²) in [6, 6.07) is 0. The Hall–Kier alpha value is -0.200. The summed E-state index contributed by atoms with van der Waals surface area (Å²) in [5, 5.41) is 18.4. The number of ether oxygens (including phenoxy) is 3. The molecule has 88 valence electrons. The van der Waals surface area contributed by atoms with Crippen LogP contribution in [0.25, 0.3) is 0 Å². The quantitative estimate of drug-likeness (QED) is 0.674. The number of aliphatic hydroxyl groups excluding tert-OH is 2. The number of rotatable bonds is 2. The lowest BCUT2D eigenvalue weighted by Gasteiger charge is -2.25. The fraction of sp³-hybridized carbons (Fsp3) is 1.00. The van der Waals surface area contributed by atoms with E-state index in [2.05, 4.69) is 0 Å². The highest BCUT2D eigenvalue weighted by molar-refractivity contribution is 4.93. The molecule has 5 heteroatoms. The van der Waals surface area contributed by atoms with Crippen molar-refractivity contribution in [2.24, 2.45) is 5.92 Å². The Morgan fingerprint density at radius 1 is 1.33 bits per heavy atom. The average Bonchev–Trinajstić information content (AvgIpc) is 2.60. The summed E-state index contributed by atoms with van der Waals surface area (Å²) < 4.78 is 16.7. The summed E-state index contributed by atoms with van der Waals surface area (Å²) in [6.45, 7) is 5.29. The van der Waals surface area contributed by atoms with E-state index < -0.39 is 24.3 Å². The molecule has 15 heavy (non-hydrogen) atoms. The van der Waals surface area contributed by atoms with Gasteiger partial charge in [-0.15, -0.1) is 0 Å². The first-order valence-electron chi connectivity index (χ1n) is 5.24. The molecule has 2 N–H and O–H groups in total. The summed E-state index contributed by atoms with van der Waals surface area (Å²) in [4.78, 5) is 0. The molecule has 0 aromatic rings. The first-order chi connectivity index (χ1) is 6.94. The van der Waals surface area contributed by atoms with Crippen LogP contribution in [0.15, 0.2) is 0 Å². The number of hydrogen-bond acceptors (Lipinski definition) is 5. The van der Waals surface area contributed by atoms with Gasteiger partial charge in [0.1, 0.15) is 12.2 Å². The van der Waals surface area contributed by atoms with Crippen LogP contribution in [0.5, 0.6) is 0 Å². The van der Waals surface area contributed by atoms with E-state index >= 15 is 0 Å². The van der Waals surface area contributed by atoms with Crippen LogP contribution in [-0.2, 0) is 14.2 Å². The van der Waals surface area contributed by atoms with Crippen molar-refractivity contribution in [1.82, 2.24) is 0 Å². The van der Waals surface area contributed by atoms with Crippen LogP contribution in [0.2, 0.25) is 0 Å². The molecule has 2 heterocycles. The van der Waals surface area contributed by atoms with Crippen molar-refractivity contribution in [3.05, 3.63) is 0 Å². The molecule has 2 aliphatic rings. The van der Waals surface area contributed by atoms with Crippen molar-refractivity contribution < 1.29 is 24.4 Å². The highest BCUT2D eigenvalue weighted by Gasteiger charge is 2.54. The maximum Gasteiger partial charge on any atom is 0.187 e. The van der Waals surface area contributed by atoms with Gasteiger partial charge >= 0.3 is 0 Å². The number of aliphatic hydroxyl groups is 2. The fourth-order valence-corrected chi connectivity index (χ4v) is 2.23. The van der Waals surface area contributed by atoms with Gasteiger partial charge in [0.25, 0.3) is 0 Å². The molecular formula is C10H18O5. The number of hydrogen-bond donors (Lipinski definition) is 2. The van der Waals surface area contributed by atoms with Crippen LogP contribution >= 0.6 is 0 Å². The first kappa shape index (κ1) is 11.3. The molecule has 0 saturated carbocycles. The topological polar surface area (TPSA) is 68.2 Å². The van der Waals surface area contributed by atoms with Gasteiger partial charge in [-0.25, -0.2) is 0 Å². The molecule has 0 aromatic heterocycles. The Bertz CT molecular complexity index is 242. The minimum atomic E-state index is -0.874. The van der Waals surface area contributed by atoms with E-state index in [9.17, 15) is 5.11 Å². The van der Waals surface area contributed by atoms with Gasteiger partial charge in [0.2, 0.25) is 0 Å². The zero-order chi connectivity index (χ0) is 11.2. The highest BCUT2D eigenvalue weighted by atomic mass is 16.8. The van der Waals surface area contributed by atoms with E-state index in [1.807, 2.05) is 20.8 Å². The molecule has 0 amide bonds. The first-order valence-corrected chi connectivity index (χ1v) is 5.24. The van der Waals surface area contributed by atoms with E-state index in [1.165, 1.54) is 0 Å². The molecule has 0 aromatic carbocycles. The second-order valence-electron chi connectivity index (χ2n) is 4.68. The smallest absolute Gasteiger partial charge is 0.187 e. The Kier molecular flexibility index (Phi) is 2.77. The molecule has 0 aliphatic carbocycles. The zero-order valence-electron chi connectivity index (χ0n) is 9.21. The second-order valence-corrected chi connectivity index (χ2v) is 4.68. The van der Waals surface area contributed by atoms with Crippen LogP contribution in [0.4, 0.5) is 0 Å². The third-order valence-corrected chi connectivity index (χ3v) is 2.98. The Labute approximate surface area is 88.9 Å². The highest BCUT2D eigenvalue weighted by Crippen LogP contribution is 2.41. The van der Waals surface area contributed by atoms with Crippen LogP contribution in [0, 0.1) is 5.92 Å². The summed E-state index contributed by atoms with van der Waals surface area (Å²) in [5.41, 5.74) is 0. The molecule has 2 rings (SSSR count). The maximum absolute atomic E-state index is 9.53. The standard InChI is InChI=1S/C10H18O5/c1-5-7(6(12)4-11)13-9-8(5)14-10(2,3)15-9/h5-9,11-12H,4H2,1-3H3/t5-,6?,7-,8+,9?/m0/s1. The van der Waals surface area contributed by atoms with Crippen molar-refractivity contribution in [3.8, 4) is 0 Å². The molecule has 5 atom stereocenters. The molecule has 0 radical (unpaired) electrons. The number of fused-ring (bicyclic) bond motifs is 1. The van der Waals surface area contributed by atoms with Gasteiger partial charge in [-0.1, -0.05) is 6.92 Å². The summed E-state index contributed by atoms with van der Waals surface area (Å²) in [7, 11) is 0. The van der Waals surface area contributed by atoms with Crippen molar-refractivity contribution in [1.29, 1.82) is 0 Å². The van der Waals surface area contributed by atoms with Gasteiger partial charge in [0.05, 0.1) is 12.7 Å². The maximum atomic E-state index is 9.53. The Balaban J connectivity index is 2.05. The average molecular weight is 218 g/mol. The van der Waals surface area contributed by atoms with Gasteiger partial charge in [0, 0.05) is 5.92 Å². The summed E-state index contributed by atoms with van der Waals surface area (Å²) in [5.74, 6) is -0.613. The molecule has 2 unspecified atom stereocenters. The lowest BCUT2D eigenvalue weighted by molar-refractivity contribution is -0.221. The fourth-order valence-electron chi connectivity index (χ4n) is 2.23. The predicted octanol–water partition coefficient (Wildman–Crippen LogP) is -0.148. The molecule has 2 fully saturated rings. The molecular weight excluding hydrogens is 200 g/mol. The van der Waals surface area contributed by atoms with Crippen LogP contribution in [0.3, 0.4) is 0 Å². The van der Waals surface area contributed by atoms with Gasteiger partial charge in [-0.3, -0.25) is 0 Å². The van der Waals surface area contributed by atoms with Crippen molar-refractivity contribution in [2.45, 2.75) is 51.2 Å². The van der Waals surface area contributed by atoms with Crippen molar-refractivity contribution in [3.63, 3.8) is 0 Å². The van der Waals surface area contributed by atoms with Gasteiger partial charge in [0.15, 0.2) is 12.1 Å². The third kappa shape index (κ3) is 1.90. The van der Waals surface area contributed by atoms with Crippen LogP contribution < -0.4 is 0 Å². The summed E-state index contributed by atoms with van der Waals surface area (Å²) >= 11 is 0. The van der Waals surface area contributed by atoms with Crippen molar-refractivity contribution >= 4 is 0 Å². The van der Waals surface area contributed by atoms with Crippen molar-refractivity contribution in [2.75, 3.05) is 6.61 Å². The minimum Gasteiger partial charge on any atom is -0.394 e. The lowest BCUT2D eigenvalue weighted by Crippen LogP contribution is -2.37. The zero-order valence-corrected chi connectivity index (χ0v) is 9.21. The monoisotopic (exact) mass is 218 g/mol. The second kappa shape index (κ2) is 3.68. The Morgan fingerprint density at radius 2 is 2.00 bits per heavy atom. The molecule has 2 saturated heterocycles. The van der Waals surface area contributed by atoms with Crippen LogP contribution in [0.1, 0.15) is 20.8 Å². The molecule has 2 aliphatic heterocycles. The van der Waals surface area contributed by atoms with Gasteiger partial charge < -0.3 is 24.4 Å². The van der Waals surface area contributed by atoms with E-state index in [0.29, 0.717) is 0 Å². The van der Waals surface area contributed by atoms with Gasteiger partial charge in [-0.05, 0) is 13.8 Å². The van der Waals surface area contributed by atoms with E-state index in [-0.39, 0.29) is 18.6 Å². The lowest BCUT2D eigenvalue weighted by atomic mass is 9.97. The summed E-state index contributed by atoms with van der Waals surface area (Å²) in [6.07, 6.45) is -1.88. The predicted molar refractivity (Wildman–Crippen MR) is 51.0 cm³/mol. The normalized spacial score (nSPS) is 45.4. The van der Waals surface area contributed by atoms with E-state index in [1.54, 1.807) is 0 Å². The Morgan fingerprint density at radius 3 is 2.53 bits per heavy atom. The third-order valence-electron chi connectivity index (χ3n) is 2.98. The molecule has 0 bridgehead atoms. The largest absolute Gasteiger partial charge is 0.394 e. The molecule has 5 nitrogen and oxygen atoms in total. The van der Waals surface area contributed by atoms with Gasteiger partial charge in [-0.2, -0.15) is 0 Å². The minimum absolute atomic E-state index is 0.0129. The molecule has 0 spiro atoms. The van der Waals surface area contributed by atoms with E-state index in [0.717, 1.165) is 0 Å². The SMILES string of the molecule is C[C@H]1[C@@H](C(O)CO)OC2OC(C)(C)O[C@@H]21.